The zero-order valence-corrected chi connectivity index (χ0v) is 32.8. The minimum absolute atomic E-state index is 0.171. The van der Waals surface area contributed by atoms with Gasteiger partial charge in [0.2, 0.25) is 0 Å². The molecule has 56 heavy (non-hydrogen) atoms. The number of hydrogen-bond acceptors (Lipinski definition) is 10. The largest absolute Gasteiger partial charge is 0.478 e. The molecule has 290 valence electrons. The van der Waals surface area contributed by atoms with Gasteiger partial charge < -0.3 is 25.0 Å². The number of carbonyl (C=O) groups is 5. The molecule has 16 nitrogen and oxygen atoms in total. The first-order valence-electron chi connectivity index (χ1n) is 17.4. The number of nitrogens with zero attached hydrogens (tertiary/aromatic N) is 8. The van der Waals surface area contributed by atoms with Crippen LogP contribution in [-0.2, 0) is 9.53 Å². The topological polar surface area (TPSA) is 194 Å². The number of hydrogen-bond donors (Lipinski definition) is 2. The molecule has 0 spiro atoms. The molecule has 0 aliphatic carbocycles. The van der Waals surface area contributed by atoms with Crippen LogP contribution in [0.5, 0.6) is 0 Å². The minimum Gasteiger partial charge on any atom is -0.478 e. The fourth-order valence-corrected chi connectivity index (χ4v) is 5.88. The van der Waals surface area contributed by atoms with E-state index in [1.54, 1.807) is 105 Å². The molecule has 1 unspecified atom stereocenters. The van der Waals surface area contributed by atoms with Crippen LogP contribution in [0.2, 0.25) is 0 Å². The van der Waals surface area contributed by atoms with Crippen LogP contribution in [0, 0.1) is 27.7 Å². The summed E-state index contributed by atoms with van der Waals surface area (Å²) < 4.78 is 7.98. The van der Waals surface area contributed by atoms with Crippen molar-refractivity contribution in [1.29, 1.82) is 0 Å². The second kappa shape index (κ2) is 16.2. The zero-order chi connectivity index (χ0) is 41.2. The van der Waals surface area contributed by atoms with E-state index in [0.29, 0.717) is 39.6 Å². The Bertz CT molecular complexity index is 2540. The van der Waals surface area contributed by atoms with Crippen molar-refractivity contribution < 1.29 is 33.8 Å². The minimum atomic E-state index is -0.964. The number of rotatable bonds is 8. The number of aromatic nitrogens is 6. The van der Waals surface area contributed by atoms with Crippen LogP contribution >= 0.6 is 0 Å². The van der Waals surface area contributed by atoms with Crippen LogP contribution in [0.3, 0.4) is 0 Å². The summed E-state index contributed by atoms with van der Waals surface area (Å²) >= 11 is 0. The molecule has 4 heterocycles. The zero-order valence-electron chi connectivity index (χ0n) is 32.8. The molecule has 2 N–H and O–H groups in total. The maximum Gasteiger partial charge on any atom is 0.335 e. The van der Waals surface area contributed by atoms with Gasteiger partial charge in [-0.05, 0) is 82.1 Å². The Morgan fingerprint density at radius 2 is 1.11 bits per heavy atom. The highest BCUT2D eigenvalue weighted by Crippen LogP contribution is 2.26. The third kappa shape index (κ3) is 8.38. The SMILES string of the molecule is COC(=O)C(C)NC(=O)c1ccc(-c2cc3nc(C(=O)N(C)C)cc(C)n3n2)c(C)c1.Cc1cc(C(=O)O)ccc1-c1cc2nc(C(=O)N(C)C)cc(C)n2n1. The van der Waals surface area contributed by atoms with E-state index >= 15 is 0 Å². The van der Waals surface area contributed by atoms with E-state index in [9.17, 15) is 24.0 Å². The summed E-state index contributed by atoms with van der Waals surface area (Å²) in [5, 5.41) is 20.9. The summed E-state index contributed by atoms with van der Waals surface area (Å²) in [4.78, 5) is 71.2. The van der Waals surface area contributed by atoms with E-state index in [0.717, 1.165) is 33.6 Å². The Morgan fingerprint density at radius 3 is 1.50 bits per heavy atom. The highest BCUT2D eigenvalue weighted by molar-refractivity contribution is 5.97. The van der Waals surface area contributed by atoms with E-state index in [4.69, 9.17) is 5.11 Å². The number of methoxy groups -OCH3 is 1. The molecule has 2 aromatic carbocycles. The number of benzene rings is 2. The maximum absolute atomic E-state index is 12.4. The van der Waals surface area contributed by atoms with Crippen molar-refractivity contribution in [2.75, 3.05) is 35.3 Å². The molecule has 4 aromatic heterocycles. The lowest BCUT2D eigenvalue weighted by Crippen LogP contribution is -2.39. The summed E-state index contributed by atoms with van der Waals surface area (Å²) in [6.45, 7) is 9.00. The lowest BCUT2D eigenvalue weighted by molar-refractivity contribution is -0.142. The van der Waals surface area contributed by atoms with Crippen molar-refractivity contribution >= 4 is 41.0 Å². The molecule has 0 aliphatic rings. The summed E-state index contributed by atoms with van der Waals surface area (Å²) in [7, 11) is 7.99. The molecule has 1 atom stereocenters. The van der Waals surface area contributed by atoms with Gasteiger partial charge in [0.25, 0.3) is 17.7 Å². The number of aromatic carboxylic acids is 1. The molecule has 6 aromatic rings. The van der Waals surface area contributed by atoms with Gasteiger partial charge in [0.15, 0.2) is 11.3 Å². The van der Waals surface area contributed by atoms with Crippen LogP contribution in [0.15, 0.2) is 60.7 Å². The number of aryl methyl sites for hydroxylation is 4. The van der Waals surface area contributed by atoms with E-state index in [2.05, 4.69) is 30.2 Å². The Balaban J connectivity index is 0.000000219. The molecule has 0 saturated carbocycles. The number of ether oxygens (including phenoxy) is 1. The third-order valence-electron chi connectivity index (χ3n) is 8.88. The number of fused-ring (bicyclic) bond motifs is 2. The summed E-state index contributed by atoms with van der Waals surface area (Å²) in [6.07, 6.45) is 0. The molecule has 0 aliphatic heterocycles. The van der Waals surface area contributed by atoms with Crippen molar-refractivity contribution in [2.24, 2.45) is 0 Å². The lowest BCUT2D eigenvalue weighted by atomic mass is 10.0. The van der Waals surface area contributed by atoms with E-state index < -0.39 is 18.0 Å². The van der Waals surface area contributed by atoms with Gasteiger partial charge >= 0.3 is 11.9 Å². The normalized spacial score (nSPS) is 11.4. The first-order chi connectivity index (χ1) is 26.4. The van der Waals surface area contributed by atoms with Gasteiger partial charge in [-0.1, -0.05) is 12.1 Å². The van der Waals surface area contributed by atoms with Gasteiger partial charge in [-0.15, -0.1) is 0 Å². The van der Waals surface area contributed by atoms with Crippen molar-refractivity contribution in [3.05, 3.63) is 106 Å². The van der Waals surface area contributed by atoms with Crippen LogP contribution < -0.4 is 5.32 Å². The summed E-state index contributed by atoms with van der Waals surface area (Å²) in [5.74, 6) is -2.20. The quantitative estimate of drug-likeness (QED) is 0.209. The second-order valence-corrected chi connectivity index (χ2v) is 13.6. The monoisotopic (exact) mass is 761 g/mol. The predicted molar refractivity (Wildman–Crippen MR) is 208 cm³/mol. The summed E-state index contributed by atoms with van der Waals surface area (Å²) in [5.41, 5.74) is 8.75. The molecule has 3 amide bonds. The smallest absolute Gasteiger partial charge is 0.335 e. The van der Waals surface area contributed by atoms with Gasteiger partial charge in [0, 0.05) is 68.4 Å². The number of carbonyl (C=O) groups excluding carboxylic acids is 4. The van der Waals surface area contributed by atoms with Gasteiger partial charge in [0.05, 0.1) is 24.1 Å². The number of carboxylic acids is 1. The number of amides is 3. The molecule has 0 bridgehead atoms. The Kier molecular flexibility index (Phi) is 11.6. The molecular weight excluding hydrogens is 718 g/mol. The average Bonchev–Trinajstić information content (AvgIpc) is 3.79. The van der Waals surface area contributed by atoms with E-state index in [1.807, 2.05) is 27.7 Å². The number of nitrogens with one attached hydrogen (secondary N) is 1. The molecule has 16 heteroatoms. The second-order valence-electron chi connectivity index (χ2n) is 13.6. The van der Waals surface area contributed by atoms with Crippen LogP contribution in [0.25, 0.3) is 33.8 Å². The van der Waals surface area contributed by atoms with Gasteiger partial charge in [0.1, 0.15) is 17.4 Å². The van der Waals surface area contributed by atoms with Gasteiger partial charge in [-0.3, -0.25) is 14.4 Å². The fourth-order valence-electron chi connectivity index (χ4n) is 5.88. The molecule has 6 rings (SSSR count). The Morgan fingerprint density at radius 1 is 0.679 bits per heavy atom. The van der Waals surface area contributed by atoms with Crippen LogP contribution in [-0.4, -0.2) is 115 Å². The van der Waals surface area contributed by atoms with Crippen molar-refractivity contribution in [1.82, 2.24) is 44.3 Å². The van der Waals surface area contributed by atoms with Gasteiger partial charge in [-0.2, -0.15) is 10.2 Å². The number of carboxylic acid groups (broad SMARTS) is 1. The van der Waals surface area contributed by atoms with Crippen LogP contribution in [0.4, 0.5) is 0 Å². The van der Waals surface area contributed by atoms with Crippen LogP contribution in [0.1, 0.15) is 71.1 Å². The average molecular weight is 762 g/mol. The standard InChI is InChI=1S/C22H25N5O4.C18H18N4O3/c1-12-9-15(20(28)23-14(3)22(30)31-6)7-8-16(12)17-11-19-24-18(21(29)26(4)5)10-13(2)27(19)25-17;1-10-7-12(18(24)25)5-6-13(10)14-9-16-19-15(17(23)21(3)4)8-11(2)22(16)20-14/h7-11,14H,1-6H3,(H,23,28);5-9H,1-4H3,(H,24,25). The maximum atomic E-state index is 12.4. The first kappa shape index (κ1) is 40.2. The summed E-state index contributed by atoms with van der Waals surface area (Å²) in [6, 6.07) is 16.4. The Hall–Kier alpha value is -6.97. The highest BCUT2D eigenvalue weighted by Gasteiger charge is 2.20. The molecule has 0 fully saturated rings. The van der Waals surface area contributed by atoms with Gasteiger partial charge in [-0.25, -0.2) is 28.6 Å². The molecule has 0 radical (unpaired) electrons. The fraction of sp³-hybridized carbons (Fsp3) is 0.275. The molecule has 0 saturated heterocycles. The first-order valence-corrected chi connectivity index (χ1v) is 17.4. The van der Waals surface area contributed by atoms with E-state index in [1.165, 1.54) is 16.9 Å². The third-order valence-corrected chi connectivity index (χ3v) is 8.88. The molecular formula is C40H43N9O7. The van der Waals surface area contributed by atoms with Crippen molar-refractivity contribution in [3.63, 3.8) is 0 Å². The van der Waals surface area contributed by atoms with Crippen molar-refractivity contribution in [3.8, 4) is 22.5 Å². The number of esters is 1. The lowest BCUT2D eigenvalue weighted by Gasteiger charge is -2.12. The van der Waals surface area contributed by atoms with E-state index in [-0.39, 0.29) is 23.3 Å². The predicted octanol–water partition coefficient (Wildman–Crippen LogP) is 4.42. The highest BCUT2D eigenvalue weighted by atomic mass is 16.5. The van der Waals surface area contributed by atoms with Crippen molar-refractivity contribution in [2.45, 2.75) is 40.7 Å². The Labute approximate surface area is 322 Å².